The molecule has 0 spiro atoms. The molecule has 126 valence electrons. The van der Waals surface area contributed by atoms with Crippen LogP contribution in [0.1, 0.15) is 18.4 Å². The minimum Gasteiger partial charge on any atom is -0.488 e. The summed E-state index contributed by atoms with van der Waals surface area (Å²) in [5.41, 5.74) is 7.12. The minimum absolute atomic E-state index is 0.0595. The van der Waals surface area contributed by atoms with E-state index in [0.717, 1.165) is 16.9 Å². The Morgan fingerprint density at radius 2 is 2.04 bits per heavy atom. The molecule has 0 atom stereocenters. The third-order valence-electron chi connectivity index (χ3n) is 4.36. The molecule has 0 radical (unpaired) electrons. The fourth-order valence-corrected chi connectivity index (χ4v) is 3.11. The summed E-state index contributed by atoms with van der Waals surface area (Å²) < 4.78 is 5.65. The van der Waals surface area contributed by atoms with Crippen molar-refractivity contribution in [3.05, 3.63) is 46.5 Å². The molecule has 3 rings (SSSR count). The number of hydrogen-bond acceptors (Lipinski definition) is 3. The quantitative estimate of drug-likeness (QED) is 0.854. The molecule has 6 heteroatoms. The monoisotopic (exact) mass is 346 g/mol. The maximum Gasteiger partial charge on any atom is 0.246 e. The lowest BCUT2D eigenvalue weighted by atomic mass is 9.96. The van der Waals surface area contributed by atoms with Gasteiger partial charge in [0.1, 0.15) is 12.4 Å². The standard InChI is InChI=1S/C18H19ClN2O3/c19-15-2-3-16-14(10-15)9-12(11-24-16)1-4-17(22)21-7-5-13(6-8-21)18(20)23/h1-4,9-10,13H,5-8,11H2,(H2,20,23). The van der Waals surface area contributed by atoms with Crippen LogP contribution in [-0.2, 0) is 9.59 Å². The zero-order valence-corrected chi connectivity index (χ0v) is 14.0. The van der Waals surface area contributed by atoms with E-state index >= 15 is 0 Å². The van der Waals surface area contributed by atoms with Crippen molar-refractivity contribution in [2.24, 2.45) is 11.7 Å². The number of fused-ring (bicyclic) bond motifs is 1. The van der Waals surface area contributed by atoms with Crippen LogP contribution >= 0.6 is 11.6 Å². The molecular formula is C18H19ClN2O3. The van der Waals surface area contributed by atoms with Crippen LogP contribution in [0.2, 0.25) is 5.02 Å². The number of carbonyl (C=O) groups excluding carboxylic acids is 2. The van der Waals surface area contributed by atoms with Crippen LogP contribution in [0.25, 0.3) is 6.08 Å². The van der Waals surface area contributed by atoms with Crippen LogP contribution in [0, 0.1) is 5.92 Å². The van der Waals surface area contributed by atoms with Crippen molar-refractivity contribution in [1.82, 2.24) is 4.90 Å². The van der Waals surface area contributed by atoms with Crippen LogP contribution in [0.15, 0.2) is 35.9 Å². The molecule has 2 aliphatic rings. The molecule has 24 heavy (non-hydrogen) atoms. The van der Waals surface area contributed by atoms with E-state index < -0.39 is 0 Å². The highest BCUT2D eigenvalue weighted by atomic mass is 35.5. The zero-order valence-electron chi connectivity index (χ0n) is 13.2. The highest BCUT2D eigenvalue weighted by Gasteiger charge is 2.24. The van der Waals surface area contributed by atoms with Crippen LogP contribution < -0.4 is 10.5 Å². The Hall–Kier alpha value is -2.27. The predicted octanol–water partition coefficient (Wildman–Crippen LogP) is 2.40. The van der Waals surface area contributed by atoms with E-state index in [1.54, 1.807) is 23.1 Å². The van der Waals surface area contributed by atoms with Crippen molar-refractivity contribution in [2.75, 3.05) is 19.7 Å². The number of halogens is 1. The SMILES string of the molecule is NC(=O)C1CCN(C(=O)C=CC2=Cc3cc(Cl)ccc3OC2)CC1. The van der Waals surface area contributed by atoms with Crippen molar-refractivity contribution in [3.63, 3.8) is 0 Å². The fourth-order valence-electron chi connectivity index (χ4n) is 2.93. The Morgan fingerprint density at radius 1 is 1.29 bits per heavy atom. The van der Waals surface area contributed by atoms with Crippen LogP contribution in [0.4, 0.5) is 0 Å². The van der Waals surface area contributed by atoms with Gasteiger partial charge in [-0.25, -0.2) is 0 Å². The molecule has 0 aromatic heterocycles. The summed E-state index contributed by atoms with van der Waals surface area (Å²) in [4.78, 5) is 25.2. The van der Waals surface area contributed by atoms with Gasteiger partial charge < -0.3 is 15.4 Å². The van der Waals surface area contributed by atoms with Gasteiger partial charge in [-0.05, 0) is 42.7 Å². The number of amides is 2. The van der Waals surface area contributed by atoms with Crippen molar-refractivity contribution in [3.8, 4) is 5.75 Å². The average Bonchev–Trinajstić information content (AvgIpc) is 2.59. The molecule has 2 heterocycles. The molecule has 2 aliphatic heterocycles. The van der Waals surface area contributed by atoms with Gasteiger partial charge in [0.25, 0.3) is 0 Å². The van der Waals surface area contributed by atoms with E-state index in [-0.39, 0.29) is 17.7 Å². The van der Waals surface area contributed by atoms with Crippen LogP contribution in [0.3, 0.4) is 0 Å². The number of primary amides is 1. The lowest BCUT2D eigenvalue weighted by Crippen LogP contribution is -2.41. The molecular weight excluding hydrogens is 328 g/mol. The number of piperidine rings is 1. The second kappa shape index (κ2) is 7.09. The number of ether oxygens (including phenoxy) is 1. The summed E-state index contributed by atoms with van der Waals surface area (Å²) in [7, 11) is 0. The number of benzene rings is 1. The Kier molecular flexibility index (Phi) is 4.90. The first-order chi connectivity index (χ1) is 11.5. The van der Waals surface area contributed by atoms with E-state index in [4.69, 9.17) is 22.1 Å². The zero-order chi connectivity index (χ0) is 17.1. The topological polar surface area (TPSA) is 72.6 Å². The molecule has 1 aromatic carbocycles. The molecule has 0 unspecified atom stereocenters. The molecule has 2 amide bonds. The van der Waals surface area contributed by atoms with Crippen LogP contribution in [-0.4, -0.2) is 36.4 Å². The second-order valence-electron chi connectivity index (χ2n) is 6.03. The third kappa shape index (κ3) is 3.79. The second-order valence-corrected chi connectivity index (χ2v) is 6.46. The largest absolute Gasteiger partial charge is 0.488 e. The lowest BCUT2D eigenvalue weighted by molar-refractivity contribution is -0.130. The van der Waals surface area contributed by atoms with Crippen molar-refractivity contribution < 1.29 is 14.3 Å². The van der Waals surface area contributed by atoms with Gasteiger partial charge in [-0.15, -0.1) is 0 Å². The Morgan fingerprint density at radius 3 is 2.75 bits per heavy atom. The molecule has 0 saturated carbocycles. The highest BCUT2D eigenvalue weighted by molar-refractivity contribution is 6.30. The number of nitrogens with zero attached hydrogens (tertiary/aromatic N) is 1. The first kappa shape index (κ1) is 16.6. The third-order valence-corrected chi connectivity index (χ3v) is 4.59. The fraction of sp³-hybridized carbons (Fsp3) is 0.333. The maximum absolute atomic E-state index is 12.3. The maximum atomic E-state index is 12.3. The van der Waals surface area contributed by atoms with Crippen molar-refractivity contribution >= 4 is 29.5 Å². The van der Waals surface area contributed by atoms with Gasteiger partial charge in [-0.1, -0.05) is 17.7 Å². The number of nitrogens with two attached hydrogens (primary N) is 1. The van der Waals surface area contributed by atoms with Gasteiger partial charge >= 0.3 is 0 Å². The Bertz CT molecular complexity index is 719. The summed E-state index contributed by atoms with van der Waals surface area (Å²) >= 11 is 5.99. The molecule has 0 bridgehead atoms. The van der Waals surface area contributed by atoms with E-state index in [2.05, 4.69) is 0 Å². The molecule has 0 aliphatic carbocycles. The lowest BCUT2D eigenvalue weighted by Gasteiger charge is -2.29. The summed E-state index contributed by atoms with van der Waals surface area (Å²) in [5, 5.41) is 0.646. The van der Waals surface area contributed by atoms with Gasteiger partial charge in [0.05, 0.1) is 0 Å². The summed E-state index contributed by atoms with van der Waals surface area (Å²) in [6.45, 7) is 1.54. The normalized spacial score (nSPS) is 18.0. The average molecular weight is 347 g/mol. The highest BCUT2D eigenvalue weighted by Crippen LogP contribution is 2.29. The summed E-state index contributed by atoms with van der Waals surface area (Å²) in [5.74, 6) is 0.334. The van der Waals surface area contributed by atoms with E-state index in [0.29, 0.717) is 37.6 Å². The molecule has 1 saturated heterocycles. The number of carbonyl (C=O) groups is 2. The first-order valence-electron chi connectivity index (χ1n) is 7.92. The van der Waals surface area contributed by atoms with Gasteiger partial charge in [0, 0.05) is 35.7 Å². The smallest absolute Gasteiger partial charge is 0.246 e. The molecule has 5 nitrogen and oxygen atoms in total. The Balaban J connectivity index is 1.62. The van der Waals surface area contributed by atoms with E-state index in [1.165, 1.54) is 0 Å². The molecule has 2 N–H and O–H groups in total. The predicted molar refractivity (Wildman–Crippen MR) is 92.6 cm³/mol. The number of hydrogen-bond donors (Lipinski definition) is 1. The minimum atomic E-state index is -0.278. The van der Waals surface area contributed by atoms with Gasteiger partial charge in [0.2, 0.25) is 11.8 Å². The van der Waals surface area contributed by atoms with Crippen LogP contribution in [0.5, 0.6) is 5.75 Å². The summed E-state index contributed by atoms with van der Waals surface area (Å²) in [6, 6.07) is 5.46. The number of likely N-dealkylation sites (tertiary alicyclic amines) is 1. The molecule has 1 aromatic rings. The van der Waals surface area contributed by atoms with Crippen molar-refractivity contribution in [1.29, 1.82) is 0 Å². The first-order valence-corrected chi connectivity index (χ1v) is 8.30. The number of rotatable bonds is 3. The van der Waals surface area contributed by atoms with E-state index in [1.807, 2.05) is 18.2 Å². The van der Waals surface area contributed by atoms with E-state index in [9.17, 15) is 9.59 Å². The summed E-state index contributed by atoms with van der Waals surface area (Å²) in [6.07, 6.45) is 6.55. The van der Waals surface area contributed by atoms with Gasteiger partial charge in [-0.2, -0.15) is 0 Å². The molecule has 1 fully saturated rings. The Labute approximate surface area is 145 Å². The van der Waals surface area contributed by atoms with Gasteiger partial charge in [-0.3, -0.25) is 9.59 Å². The van der Waals surface area contributed by atoms with Crippen molar-refractivity contribution in [2.45, 2.75) is 12.8 Å². The van der Waals surface area contributed by atoms with Gasteiger partial charge in [0.15, 0.2) is 0 Å².